The molecule has 11 heavy (non-hydrogen) atoms. The van der Waals surface area contributed by atoms with E-state index in [0.29, 0.717) is 0 Å². The second-order valence-corrected chi connectivity index (χ2v) is 4.27. The van der Waals surface area contributed by atoms with Crippen LogP contribution in [0.3, 0.4) is 0 Å². The molecule has 1 atom stereocenters. The summed E-state index contributed by atoms with van der Waals surface area (Å²) in [6.07, 6.45) is 0. The van der Waals surface area contributed by atoms with Crippen molar-refractivity contribution >= 4 is 0 Å². The molecule has 1 nitrogen and oxygen atoms in total. The highest BCUT2D eigenvalue weighted by molar-refractivity contribution is 4.61. The van der Waals surface area contributed by atoms with Crippen LogP contribution in [0, 0.1) is 17.8 Å². The molecule has 0 amide bonds. The van der Waals surface area contributed by atoms with Gasteiger partial charge >= 0.3 is 0 Å². The highest BCUT2D eigenvalue weighted by atomic mass is 14.9. The van der Waals surface area contributed by atoms with Gasteiger partial charge in [-0.1, -0.05) is 34.6 Å². The highest BCUT2D eigenvalue weighted by Crippen LogP contribution is 2.07. The third-order valence-electron chi connectivity index (χ3n) is 2.16. The van der Waals surface area contributed by atoms with Gasteiger partial charge in [0.15, 0.2) is 0 Å². The maximum atomic E-state index is 3.47. The summed E-state index contributed by atoms with van der Waals surface area (Å²) in [6, 6.07) is 0. The van der Waals surface area contributed by atoms with Crippen LogP contribution >= 0.6 is 0 Å². The molecule has 0 aliphatic rings. The molecule has 0 unspecified atom stereocenters. The summed E-state index contributed by atoms with van der Waals surface area (Å²) < 4.78 is 0. The van der Waals surface area contributed by atoms with Crippen LogP contribution in [-0.4, -0.2) is 13.1 Å². The summed E-state index contributed by atoms with van der Waals surface area (Å²) in [6.45, 7) is 13.7. The van der Waals surface area contributed by atoms with Crippen molar-refractivity contribution in [1.29, 1.82) is 0 Å². The molecule has 0 bridgehead atoms. The SMILES string of the molecule is CC(C)CNC[C@@H](C)C(C)C. The molecule has 68 valence electrons. The van der Waals surface area contributed by atoms with Gasteiger partial charge in [-0.25, -0.2) is 0 Å². The average Bonchev–Trinajstić information content (AvgIpc) is 1.86. The van der Waals surface area contributed by atoms with E-state index in [4.69, 9.17) is 0 Å². The molecule has 0 heterocycles. The molecule has 0 saturated heterocycles. The van der Waals surface area contributed by atoms with Gasteiger partial charge in [0, 0.05) is 0 Å². The first-order valence-electron chi connectivity index (χ1n) is 4.74. The fourth-order valence-electron chi connectivity index (χ4n) is 0.835. The van der Waals surface area contributed by atoms with Crippen molar-refractivity contribution in [3.05, 3.63) is 0 Å². The Kier molecular flexibility index (Phi) is 5.57. The smallest absolute Gasteiger partial charge is 0.00206 e. The predicted octanol–water partition coefficient (Wildman–Crippen LogP) is 2.52. The van der Waals surface area contributed by atoms with Gasteiger partial charge in [-0.3, -0.25) is 0 Å². The molecule has 0 fully saturated rings. The lowest BCUT2D eigenvalue weighted by Crippen LogP contribution is -2.27. The fourth-order valence-corrected chi connectivity index (χ4v) is 0.835. The first-order valence-corrected chi connectivity index (χ1v) is 4.74. The van der Waals surface area contributed by atoms with Crippen LogP contribution in [0.5, 0.6) is 0 Å². The molecule has 0 radical (unpaired) electrons. The van der Waals surface area contributed by atoms with Gasteiger partial charge in [0.2, 0.25) is 0 Å². The van der Waals surface area contributed by atoms with Gasteiger partial charge in [-0.15, -0.1) is 0 Å². The van der Waals surface area contributed by atoms with Crippen molar-refractivity contribution in [2.24, 2.45) is 17.8 Å². The Morgan fingerprint density at radius 2 is 1.45 bits per heavy atom. The standard InChI is InChI=1S/C10H23N/c1-8(2)6-11-7-10(5)9(3)4/h8-11H,6-7H2,1-5H3/t10-/m1/s1. The van der Waals surface area contributed by atoms with Crippen LogP contribution in [0.1, 0.15) is 34.6 Å². The van der Waals surface area contributed by atoms with Gasteiger partial charge in [0.25, 0.3) is 0 Å². The molecule has 0 rings (SSSR count). The van der Waals surface area contributed by atoms with E-state index in [-0.39, 0.29) is 0 Å². The van der Waals surface area contributed by atoms with Crippen LogP contribution in [0.25, 0.3) is 0 Å². The van der Waals surface area contributed by atoms with Gasteiger partial charge in [-0.05, 0) is 30.8 Å². The molecule has 0 aromatic carbocycles. The predicted molar refractivity (Wildman–Crippen MR) is 51.7 cm³/mol. The maximum Gasteiger partial charge on any atom is -0.00206 e. The zero-order valence-corrected chi connectivity index (χ0v) is 8.65. The van der Waals surface area contributed by atoms with Crippen molar-refractivity contribution in [2.75, 3.05) is 13.1 Å². The van der Waals surface area contributed by atoms with E-state index in [1.165, 1.54) is 0 Å². The quantitative estimate of drug-likeness (QED) is 0.646. The third kappa shape index (κ3) is 6.36. The topological polar surface area (TPSA) is 12.0 Å². The summed E-state index contributed by atoms with van der Waals surface area (Å²) >= 11 is 0. The molecule has 0 spiro atoms. The summed E-state index contributed by atoms with van der Waals surface area (Å²) in [5, 5.41) is 3.47. The van der Waals surface area contributed by atoms with Gasteiger partial charge < -0.3 is 5.32 Å². The zero-order chi connectivity index (χ0) is 8.85. The van der Waals surface area contributed by atoms with E-state index >= 15 is 0 Å². The molecule has 0 aliphatic carbocycles. The first-order chi connectivity index (χ1) is 5.04. The lowest BCUT2D eigenvalue weighted by atomic mass is 9.98. The van der Waals surface area contributed by atoms with E-state index in [2.05, 4.69) is 39.9 Å². The van der Waals surface area contributed by atoms with Crippen LogP contribution in [0.15, 0.2) is 0 Å². The van der Waals surface area contributed by atoms with Crippen molar-refractivity contribution in [3.8, 4) is 0 Å². The second kappa shape index (κ2) is 5.59. The minimum Gasteiger partial charge on any atom is -0.316 e. The van der Waals surface area contributed by atoms with Gasteiger partial charge in [0.1, 0.15) is 0 Å². The Morgan fingerprint density at radius 3 is 1.82 bits per heavy atom. The molecule has 1 N–H and O–H groups in total. The number of hydrogen-bond donors (Lipinski definition) is 1. The molecular formula is C10H23N. The molecule has 0 aromatic rings. The van der Waals surface area contributed by atoms with E-state index in [9.17, 15) is 0 Å². The molecule has 0 aliphatic heterocycles. The molecular weight excluding hydrogens is 134 g/mol. The summed E-state index contributed by atoms with van der Waals surface area (Å²) in [4.78, 5) is 0. The summed E-state index contributed by atoms with van der Waals surface area (Å²) in [5.41, 5.74) is 0. The van der Waals surface area contributed by atoms with E-state index in [1.807, 2.05) is 0 Å². The van der Waals surface area contributed by atoms with E-state index < -0.39 is 0 Å². The van der Waals surface area contributed by atoms with Gasteiger partial charge in [-0.2, -0.15) is 0 Å². The lowest BCUT2D eigenvalue weighted by Gasteiger charge is -2.16. The highest BCUT2D eigenvalue weighted by Gasteiger charge is 2.05. The Morgan fingerprint density at radius 1 is 0.909 bits per heavy atom. The number of hydrogen-bond acceptors (Lipinski definition) is 1. The molecule has 1 heteroatoms. The van der Waals surface area contributed by atoms with Crippen molar-refractivity contribution in [1.82, 2.24) is 5.32 Å². The van der Waals surface area contributed by atoms with Crippen molar-refractivity contribution in [3.63, 3.8) is 0 Å². The monoisotopic (exact) mass is 157 g/mol. The zero-order valence-electron chi connectivity index (χ0n) is 8.65. The minimum atomic E-state index is 0.773. The van der Waals surface area contributed by atoms with Crippen LogP contribution < -0.4 is 5.32 Å². The lowest BCUT2D eigenvalue weighted by molar-refractivity contribution is 0.382. The Labute approximate surface area is 71.6 Å². The Hall–Kier alpha value is -0.0400. The molecule has 0 saturated carbocycles. The first kappa shape index (κ1) is 11.0. The van der Waals surface area contributed by atoms with E-state index in [0.717, 1.165) is 30.8 Å². The average molecular weight is 157 g/mol. The van der Waals surface area contributed by atoms with Gasteiger partial charge in [0.05, 0.1) is 0 Å². The maximum absolute atomic E-state index is 3.47. The largest absolute Gasteiger partial charge is 0.316 e. The number of nitrogens with one attached hydrogen (secondary N) is 1. The fraction of sp³-hybridized carbons (Fsp3) is 1.00. The third-order valence-corrected chi connectivity index (χ3v) is 2.16. The summed E-state index contributed by atoms with van der Waals surface area (Å²) in [5.74, 6) is 2.37. The normalized spacial score (nSPS) is 14.5. The summed E-state index contributed by atoms with van der Waals surface area (Å²) in [7, 11) is 0. The Balaban J connectivity index is 3.24. The second-order valence-electron chi connectivity index (χ2n) is 4.27. The minimum absolute atomic E-state index is 0.773. The Bertz CT molecular complexity index is 86.9. The molecule has 0 aromatic heterocycles. The van der Waals surface area contributed by atoms with E-state index in [1.54, 1.807) is 0 Å². The van der Waals surface area contributed by atoms with Crippen LogP contribution in [0.4, 0.5) is 0 Å². The van der Waals surface area contributed by atoms with Crippen molar-refractivity contribution < 1.29 is 0 Å². The van der Waals surface area contributed by atoms with Crippen LogP contribution in [-0.2, 0) is 0 Å². The number of rotatable bonds is 5. The van der Waals surface area contributed by atoms with Crippen molar-refractivity contribution in [2.45, 2.75) is 34.6 Å². The van der Waals surface area contributed by atoms with Crippen LogP contribution in [0.2, 0.25) is 0 Å².